The predicted molar refractivity (Wildman–Crippen MR) is 91.5 cm³/mol. The van der Waals surface area contributed by atoms with E-state index in [1.807, 2.05) is 6.92 Å². The van der Waals surface area contributed by atoms with Gasteiger partial charge in [-0.15, -0.1) is 0 Å². The Morgan fingerprint density at radius 2 is 1.90 bits per heavy atom. The molecule has 1 rings (SSSR count). The first kappa shape index (κ1) is 18.5. The van der Waals surface area contributed by atoms with Gasteiger partial charge >= 0.3 is 0 Å². The molecule has 0 amide bonds. The first-order valence-electron chi connectivity index (χ1n) is 8.22. The maximum absolute atomic E-state index is 6.32. The Bertz CT molecular complexity index is 329. The summed E-state index contributed by atoms with van der Waals surface area (Å²) in [6.45, 7) is 18.2. The lowest BCUT2D eigenvalue weighted by Crippen LogP contribution is -2.50. The highest BCUT2D eigenvalue weighted by molar-refractivity contribution is 6.48. The van der Waals surface area contributed by atoms with Crippen LogP contribution in [0.3, 0.4) is 0 Å². The van der Waals surface area contributed by atoms with Crippen molar-refractivity contribution in [2.24, 2.45) is 5.41 Å². The normalized spacial score (nSPS) is 20.7. The van der Waals surface area contributed by atoms with Gasteiger partial charge in [0.15, 0.2) is 9.04 Å². The second-order valence-electron chi connectivity index (χ2n) is 7.07. The number of nitrogens with zero attached hydrogens (tertiary/aromatic N) is 2. The van der Waals surface area contributed by atoms with Crippen LogP contribution in [0, 0.1) is 5.41 Å². The van der Waals surface area contributed by atoms with Crippen LogP contribution in [-0.4, -0.2) is 51.0 Å². The molecule has 0 radical (unpaired) electrons. The molecule has 5 heteroatoms. The molecule has 2 unspecified atom stereocenters. The molecule has 0 bridgehead atoms. The van der Waals surface area contributed by atoms with E-state index >= 15 is 0 Å². The molecule has 1 heterocycles. The van der Waals surface area contributed by atoms with Crippen LogP contribution in [0.25, 0.3) is 0 Å². The molecule has 0 aromatic heterocycles. The van der Waals surface area contributed by atoms with Gasteiger partial charge in [0.25, 0.3) is 0 Å². The van der Waals surface area contributed by atoms with E-state index in [1.54, 1.807) is 0 Å². The largest absolute Gasteiger partial charge is 0.400 e. The Hall–Kier alpha value is -0.523. The van der Waals surface area contributed by atoms with Gasteiger partial charge in [-0.25, -0.2) is 0 Å². The van der Waals surface area contributed by atoms with Gasteiger partial charge in [0.2, 0.25) is 0 Å². The van der Waals surface area contributed by atoms with Crippen molar-refractivity contribution in [3.63, 3.8) is 0 Å². The molecule has 4 nitrogen and oxygen atoms in total. The molecular weight excluding hydrogens is 280 g/mol. The number of ether oxygens (including phenoxy) is 1. The molecule has 0 spiro atoms. The van der Waals surface area contributed by atoms with E-state index in [1.165, 1.54) is 0 Å². The van der Waals surface area contributed by atoms with E-state index in [2.05, 4.69) is 63.0 Å². The van der Waals surface area contributed by atoms with Gasteiger partial charge < -0.3 is 19.0 Å². The molecule has 124 valence electrons. The zero-order valence-corrected chi connectivity index (χ0v) is 16.1. The second-order valence-corrected chi connectivity index (χ2v) is 9.44. The van der Waals surface area contributed by atoms with Gasteiger partial charge in [0, 0.05) is 37.6 Å². The van der Waals surface area contributed by atoms with Crippen molar-refractivity contribution in [3.05, 3.63) is 12.4 Å². The number of rotatable bonds is 8. The molecule has 0 saturated heterocycles. The summed E-state index contributed by atoms with van der Waals surface area (Å²) in [5.41, 5.74) is 0.108. The molecule has 21 heavy (non-hydrogen) atoms. The highest BCUT2D eigenvalue weighted by Crippen LogP contribution is 2.31. The Morgan fingerprint density at radius 1 is 1.24 bits per heavy atom. The van der Waals surface area contributed by atoms with Crippen LogP contribution in [0.1, 0.15) is 41.0 Å². The summed E-state index contributed by atoms with van der Waals surface area (Å²) in [5.74, 6) is 0. The summed E-state index contributed by atoms with van der Waals surface area (Å²) >= 11 is 0. The lowest BCUT2D eigenvalue weighted by molar-refractivity contribution is -0.0588. The van der Waals surface area contributed by atoms with Crippen LogP contribution in [0.5, 0.6) is 0 Å². The SMILES string of the molecule is CCOCCCN1C=CN(C(O[SiH](C)C)C(C)(C)C)C1C. The van der Waals surface area contributed by atoms with Crippen molar-refractivity contribution in [2.45, 2.75) is 66.5 Å². The third kappa shape index (κ3) is 5.64. The first-order chi connectivity index (χ1) is 9.77. The minimum Gasteiger partial charge on any atom is -0.400 e. The lowest BCUT2D eigenvalue weighted by Gasteiger charge is -2.43. The maximum atomic E-state index is 6.32. The molecule has 0 fully saturated rings. The summed E-state index contributed by atoms with van der Waals surface area (Å²) in [5, 5.41) is 0. The van der Waals surface area contributed by atoms with Crippen LogP contribution in [-0.2, 0) is 9.16 Å². The van der Waals surface area contributed by atoms with Crippen LogP contribution in [0.2, 0.25) is 13.1 Å². The van der Waals surface area contributed by atoms with Gasteiger partial charge in [-0.2, -0.15) is 0 Å². The van der Waals surface area contributed by atoms with Gasteiger partial charge in [-0.05, 0) is 33.4 Å². The van der Waals surface area contributed by atoms with Gasteiger partial charge in [-0.3, -0.25) is 0 Å². The Morgan fingerprint density at radius 3 is 2.43 bits per heavy atom. The molecular formula is C16H34N2O2Si. The average Bonchev–Trinajstić information content (AvgIpc) is 2.72. The third-order valence-corrected chi connectivity index (χ3v) is 4.47. The summed E-state index contributed by atoms with van der Waals surface area (Å²) in [6.07, 6.45) is 5.95. The van der Waals surface area contributed by atoms with Crippen molar-refractivity contribution in [1.82, 2.24) is 9.80 Å². The van der Waals surface area contributed by atoms with Crippen molar-refractivity contribution in [2.75, 3.05) is 19.8 Å². The van der Waals surface area contributed by atoms with Crippen LogP contribution in [0.4, 0.5) is 0 Å². The summed E-state index contributed by atoms with van der Waals surface area (Å²) < 4.78 is 11.7. The van der Waals surface area contributed by atoms with Crippen molar-refractivity contribution in [1.29, 1.82) is 0 Å². The van der Waals surface area contributed by atoms with E-state index in [9.17, 15) is 0 Å². The minimum atomic E-state index is -1.08. The molecule has 0 aromatic carbocycles. The minimum absolute atomic E-state index is 0.108. The number of hydrogen-bond donors (Lipinski definition) is 0. The van der Waals surface area contributed by atoms with E-state index in [0.717, 1.165) is 26.2 Å². The fourth-order valence-electron chi connectivity index (χ4n) is 2.59. The van der Waals surface area contributed by atoms with Gasteiger partial charge in [0.1, 0.15) is 12.4 Å². The van der Waals surface area contributed by atoms with Crippen LogP contribution in [0.15, 0.2) is 12.4 Å². The van der Waals surface area contributed by atoms with Crippen LogP contribution < -0.4 is 0 Å². The Labute approximate surface area is 132 Å². The molecule has 1 aliphatic rings. The Kier molecular flexibility index (Phi) is 7.23. The van der Waals surface area contributed by atoms with E-state index in [-0.39, 0.29) is 11.6 Å². The zero-order chi connectivity index (χ0) is 16.0. The predicted octanol–water partition coefficient (Wildman–Crippen LogP) is 3.22. The third-order valence-electron chi connectivity index (χ3n) is 3.66. The fraction of sp³-hybridized carbons (Fsp3) is 0.875. The van der Waals surface area contributed by atoms with Crippen molar-refractivity contribution in [3.8, 4) is 0 Å². The van der Waals surface area contributed by atoms with E-state index in [0.29, 0.717) is 6.17 Å². The monoisotopic (exact) mass is 314 g/mol. The van der Waals surface area contributed by atoms with Gasteiger partial charge in [-0.1, -0.05) is 20.8 Å². The standard InChI is InChI=1S/C16H34N2O2Si/c1-8-19-13-9-10-17-11-12-18(14(17)2)15(16(3,4)5)20-21(6)7/h11-12,14-15,21H,8-10,13H2,1-7H3. The molecule has 0 aliphatic carbocycles. The smallest absolute Gasteiger partial charge is 0.173 e. The van der Waals surface area contributed by atoms with E-state index in [4.69, 9.17) is 9.16 Å². The summed E-state index contributed by atoms with van der Waals surface area (Å²) in [4.78, 5) is 4.75. The summed E-state index contributed by atoms with van der Waals surface area (Å²) in [6, 6.07) is 0. The zero-order valence-electron chi connectivity index (χ0n) is 14.9. The van der Waals surface area contributed by atoms with Crippen molar-refractivity contribution >= 4 is 9.04 Å². The second kappa shape index (κ2) is 8.20. The summed E-state index contributed by atoms with van der Waals surface area (Å²) in [7, 11) is -1.08. The maximum Gasteiger partial charge on any atom is 0.173 e. The first-order valence-corrected chi connectivity index (χ1v) is 11.0. The highest BCUT2D eigenvalue weighted by Gasteiger charge is 2.36. The van der Waals surface area contributed by atoms with Gasteiger partial charge in [0.05, 0.1) is 0 Å². The molecule has 0 saturated carbocycles. The topological polar surface area (TPSA) is 24.9 Å². The molecule has 0 aromatic rings. The highest BCUT2D eigenvalue weighted by atomic mass is 28.3. The van der Waals surface area contributed by atoms with Crippen molar-refractivity contribution < 1.29 is 9.16 Å². The molecule has 2 atom stereocenters. The number of hydrogen-bond acceptors (Lipinski definition) is 4. The van der Waals surface area contributed by atoms with Crippen LogP contribution >= 0.6 is 0 Å². The average molecular weight is 315 g/mol. The Balaban J connectivity index is 2.61. The quantitative estimate of drug-likeness (QED) is 0.507. The fourth-order valence-corrected chi connectivity index (χ4v) is 3.66. The molecule has 1 aliphatic heterocycles. The van der Waals surface area contributed by atoms with E-state index < -0.39 is 9.04 Å². The lowest BCUT2D eigenvalue weighted by atomic mass is 9.93. The molecule has 0 N–H and O–H groups in total.